The number of hydrogen-bond acceptors (Lipinski definition) is 0. The Kier molecular flexibility index (Phi) is 9.03. The van der Waals surface area contributed by atoms with Crippen molar-refractivity contribution in [3.8, 4) is 0 Å². The summed E-state index contributed by atoms with van der Waals surface area (Å²) in [6.45, 7) is 1.95. The van der Waals surface area contributed by atoms with Crippen molar-refractivity contribution in [1.82, 2.24) is 0 Å². The van der Waals surface area contributed by atoms with Crippen LogP contribution in [0, 0.1) is 29.1 Å². The van der Waals surface area contributed by atoms with Crippen molar-refractivity contribution in [2.45, 2.75) is 63.7 Å². The van der Waals surface area contributed by atoms with E-state index in [4.69, 9.17) is 0 Å². The predicted molar refractivity (Wildman–Crippen MR) is 86.6 cm³/mol. The minimum absolute atomic E-state index is 0.200. The molecule has 1 atom stereocenters. The molecule has 0 aliphatic rings. The average molecular weight is 444 g/mol. The van der Waals surface area contributed by atoms with Crippen molar-refractivity contribution < 1.29 is 43.9 Å². The quantitative estimate of drug-likeness (QED) is 0.116. The lowest BCUT2D eigenvalue weighted by atomic mass is 10.1. The third-order valence-electron chi connectivity index (χ3n) is 4.12. The van der Waals surface area contributed by atoms with Crippen molar-refractivity contribution in [2.24, 2.45) is 0 Å². The van der Waals surface area contributed by atoms with Crippen LogP contribution in [0.2, 0.25) is 0 Å². The molecule has 28 heavy (non-hydrogen) atoms. The highest BCUT2D eigenvalue weighted by molar-refractivity contribution is 7.66. The fourth-order valence-electron chi connectivity index (χ4n) is 2.60. The molecule has 0 aliphatic heterocycles. The molecule has 1 aromatic rings. The molecule has 0 spiro atoms. The van der Waals surface area contributed by atoms with Crippen LogP contribution in [-0.4, -0.2) is 18.0 Å². The number of hydrogen-bond donors (Lipinski definition) is 0. The molecule has 1 aromatic carbocycles. The molecule has 0 saturated heterocycles. The van der Waals surface area contributed by atoms with Gasteiger partial charge in [-0.15, -0.1) is 0 Å². The van der Waals surface area contributed by atoms with Crippen LogP contribution in [0.3, 0.4) is 0 Å². The van der Waals surface area contributed by atoms with Gasteiger partial charge in [-0.1, -0.05) is 45.4 Å². The summed E-state index contributed by atoms with van der Waals surface area (Å²) in [5.74, 6) is -13.0. The highest BCUT2D eigenvalue weighted by atomic mass is 31.1. The Hall–Kier alpha value is -1.05. The predicted octanol–water partition coefficient (Wildman–Crippen LogP) is 7.40. The molecule has 0 radical (unpaired) electrons. The average Bonchev–Trinajstić information content (AvgIpc) is 2.61. The molecule has 0 aliphatic carbocycles. The molecule has 0 N–H and O–H groups in total. The molecule has 0 aromatic heterocycles. The summed E-state index contributed by atoms with van der Waals surface area (Å²) in [6, 6.07) is 0. The maximum absolute atomic E-state index is 13.9. The van der Waals surface area contributed by atoms with E-state index in [2.05, 4.69) is 0 Å². The second-order valence-corrected chi connectivity index (χ2v) is 8.54. The van der Waals surface area contributed by atoms with Crippen LogP contribution < -0.4 is 5.30 Å². The van der Waals surface area contributed by atoms with Crippen LogP contribution in [0.15, 0.2) is 0 Å². The van der Waals surface area contributed by atoms with Gasteiger partial charge in [0.1, 0.15) is 0 Å². The Morgan fingerprint density at radius 3 is 1.43 bits per heavy atom. The van der Waals surface area contributed by atoms with Gasteiger partial charge in [0.15, 0.2) is 23.3 Å². The van der Waals surface area contributed by atoms with Crippen molar-refractivity contribution >= 4 is 13.2 Å². The zero-order valence-corrected chi connectivity index (χ0v) is 15.8. The van der Waals surface area contributed by atoms with Gasteiger partial charge < -0.3 is 0 Å². The zero-order chi connectivity index (χ0) is 21.7. The molecule has 11 heteroatoms. The zero-order valence-electron chi connectivity index (χ0n) is 14.9. The van der Waals surface area contributed by atoms with E-state index in [-0.39, 0.29) is 12.8 Å². The van der Waals surface area contributed by atoms with Crippen LogP contribution >= 0.6 is 7.92 Å². The number of rotatable bonds is 10. The summed E-state index contributed by atoms with van der Waals surface area (Å²) >= 11 is 0. The Morgan fingerprint density at radius 1 is 0.607 bits per heavy atom. The van der Waals surface area contributed by atoms with Gasteiger partial charge in [-0.05, 0) is 12.6 Å². The molecular weight excluding hydrogens is 425 g/mol. The third-order valence-corrected chi connectivity index (χ3v) is 6.75. The maximum atomic E-state index is 13.9. The number of unbranched alkanes of at least 4 members (excludes halogenated alkanes) is 6. The maximum Gasteiger partial charge on any atom is 0.457 e. The highest BCUT2D eigenvalue weighted by Gasteiger charge is 2.63. The Morgan fingerprint density at radius 2 is 1.00 bits per heavy atom. The number of halogens is 10. The summed E-state index contributed by atoms with van der Waals surface area (Å²) < 4.78 is 134. The fraction of sp³-hybridized carbons (Fsp3) is 0.647. The van der Waals surface area contributed by atoms with Crippen LogP contribution in [0.5, 0.6) is 0 Å². The van der Waals surface area contributed by atoms with Crippen molar-refractivity contribution in [1.29, 1.82) is 0 Å². The van der Waals surface area contributed by atoms with Gasteiger partial charge in [0.05, 0.1) is 5.30 Å². The minimum Gasteiger partial charge on any atom is -0.203 e. The number of alkyl halides is 5. The third kappa shape index (κ3) is 5.51. The lowest BCUT2D eigenvalue weighted by molar-refractivity contribution is -0.240. The fourth-order valence-corrected chi connectivity index (χ4v) is 4.90. The normalized spacial score (nSPS) is 13.8. The van der Waals surface area contributed by atoms with Gasteiger partial charge in [-0.3, -0.25) is 0 Å². The molecule has 1 unspecified atom stereocenters. The van der Waals surface area contributed by atoms with E-state index in [9.17, 15) is 43.9 Å². The monoisotopic (exact) mass is 444 g/mol. The van der Waals surface area contributed by atoms with Gasteiger partial charge in [-0.25, -0.2) is 22.0 Å². The van der Waals surface area contributed by atoms with Crippen molar-refractivity contribution in [3.05, 3.63) is 29.1 Å². The van der Waals surface area contributed by atoms with E-state index >= 15 is 0 Å². The van der Waals surface area contributed by atoms with E-state index in [0.717, 1.165) is 19.3 Å². The van der Waals surface area contributed by atoms with Crippen molar-refractivity contribution in [3.63, 3.8) is 0 Å². The van der Waals surface area contributed by atoms with Crippen LogP contribution in [-0.2, 0) is 0 Å². The molecule has 0 amide bonds. The summed E-state index contributed by atoms with van der Waals surface area (Å²) in [6.07, 6.45) is -3.39. The number of benzene rings is 1. The van der Waals surface area contributed by atoms with E-state index in [1.807, 2.05) is 6.92 Å². The Balaban J connectivity index is 3.18. The molecule has 162 valence electrons. The first-order valence-electron chi connectivity index (χ1n) is 8.61. The summed E-state index contributed by atoms with van der Waals surface area (Å²) in [5, 5.41) is -2.07. The SMILES string of the molecule is CCCCCCCCCP(c1c(F)c(F)c(F)c(F)c1F)C(F)(F)C(F)(F)F. The second kappa shape index (κ2) is 10.1. The lowest BCUT2D eigenvalue weighted by Crippen LogP contribution is -2.40. The van der Waals surface area contributed by atoms with Gasteiger partial charge in [0, 0.05) is 7.92 Å². The van der Waals surface area contributed by atoms with Crippen molar-refractivity contribution in [2.75, 3.05) is 6.16 Å². The first-order chi connectivity index (χ1) is 12.9. The summed E-state index contributed by atoms with van der Waals surface area (Å²) in [4.78, 5) is 0. The smallest absolute Gasteiger partial charge is 0.203 e. The van der Waals surface area contributed by atoms with E-state index in [1.165, 1.54) is 0 Å². The van der Waals surface area contributed by atoms with Gasteiger partial charge in [0.2, 0.25) is 5.82 Å². The molecular formula is C17H19F10P. The van der Waals surface area contributed by atoms with Gasteiger partial charge in [0.25, 0.3) is 0 Å². The Bertz CT molecular complexity index is 627. The van der Waals surface area contributed by atoms with E-state index < -0.39 is 60.3 Å². The minimum atomic E-state index is -6.19. The van der Waals surface area contributed by atoms with Crippen LogP contribution in [0.1, 0.15) is 51.9 Å². The van der Waals surface area contributed by atoms with Crippen LogP contribution in [0.4, 0.5) is 43.9 Å². The molecule has 1 rings (SSSR count). The summed E-state index contributed by atoms with van der Waals surface area (Å²) in [7, 11) is -4.06. The first-order valence-corrected chi connectivity index (χ1v) is 10.1. The molecule has 0 heterocycles. The molecule has 0 fully saturated rings. The largest absolute Gasteiger partial charge is 0.457 e. The lowest BCUT2D eigenvalue weighted by Gasteiger charge is -2.30. The first kappa shape index (κ1) is 25.0. The standard InChI is InChI=1S/C17H19F10P/c1-2-3-4-5-6-7-8-9-28(17(26,27)16(23,24)25)15-13(21)11(19)10(18)12(20)14(15)22/h2-9H2,1H3. The van der Waals surface area contributed by atoms with E-state index in [1.54, 1.807) is 0 Å². The molecule has 0 nitrogen and oxygen atoms in total. The molecule has 0 saturated carbocycles. The van der Waals surface area contributed by atoms with Gasteiger partial charge in [-0.2, -0.15) is 22.0 Å². The second-order valence-electron chi connectivity index (χ2n) is 6.23. The van der Waals surface area contributed by atoms with E-state index in [0.29, 0.717) is 12.8 Å². The Labute approximate surface area is 157 Å². The van der Waals surface area contributed by atoms with Crippen LogP contribution in [0.25, 0.3) is 0 Å². The molecule has 0 bridgehead atoms. The van der Waals surface area contributed by atoms with Gasteiger partial charge >= 0.3 is 11.8 Å². The highest BCUT2D eigenvalue weighted by Crippen LogP contribution is 2.60. The topological polar surface area (TPSA) is 0 Å². The summed E-state index contributed by atoms with van der Waals surface area (Å²) in [5.41, 5.74) is -5.61.